The molecule has 1 aromatic heterocycles. The molecule has 15 heavy (non-hydrogen) atoms. The minimum absolute atomic E-state index is 0.104. The molecule has 0 radical (unpaired) electrons. The predicted octanol–water partition coefficient (Wildman–Crippen LogP) is 2.33. The second-order valence-electron chi connectivity index (χ2n) is 3.19. The number of nitrogens with zero attached hydrogens (tertiary/aromatic N) is 1. The second-order valence-corrected chi connectivity index (χ2v) is 3.19. The van der Waals surface area contributed by atoms with E-state index in [9.17, 15) is 4.79 Å². The van der Waals surface area contributed by atoms with Crippen molar-refractivity contribution in [3.8, 4) is 0 Å². The van der Waals surface area contributed by atoms with E-state index < -0.39 is 5.97 Å². The van der Waals surface area contributed by atoms with Crippen LogP contribution < -0.4 is 0 Å². The van der Waals surface area contributed by atoms with Crippen molar-refractivity contribution >= 4 is 22.3 Å². The fourth-order valence-corrected chi connectivity index (χ4v) is 1.50. The third-order valence-corrected chi connectivity index (χ3v) is 2.26. The number of aliphatic carboxylic acids is 1. The molecule has 1 N–H and O–H groups in total. The number of fused-ring (bicyclic) bond motifs is 1. The van der Waals surface area contributed by atoms with Crippen LogP contribution in [-0.2, 0) is 4.79 Å². The molecule has 2 rings (SSSR count). The zero-order chi connectivity index (χ0) is 10.8. The van der Waals surface area contributed by atoms with Gasteiger partial charge in [0.25, 0.3) is 0 Å². The summed E-state index contributed by atoms with van der Waals surface area (Å²) >= 11 is 0. The molecule has 3 heteroatoms. The van der Waals surface area contributed by atoms with Crippen molar-refractivity contribution < 1.29 is 9.90 Å². The Morgan fingerprint density at radius 3 is 2.87 bits per heavy atom. The van der Waals surface area contributed by atoms with Crippen molar-refractivity contribution in [2.24, 2.45) is 0 Å². The van der Waals surface area contributed by atoms with Gasteiger partial charge >= 0.3 is 5.97 Å². The summed E-state index contributed by atoms with van der Waals surface area (Å²) < 4.78 is 0. The van der Waals surface area contributed by atoms with Crippen LogP contribution in [0.3, 0.4) is 0 Å². The van der Waals surface area contributed by atoms with Crippen LogP contribution >= 0.6 is 0 Å². The molecule has 0 amide bonds. The first-order valence-corrected chi connectivity index (χ1v) is 4.45. The molecule has 0 saturated heterocycles. The number of aromatic nitrogens is 1. The summed E-state index contributed by atoms with van der Waals surface area (Å²) in [5, 5.41) is 10.7. The standard InChI is InChI=1S/C12H9NO2/c1-8(12(14)15)10-4-2-3-9-7-13-6-5-11(9)10/h2-7H,1H2,(H,14,15). The first-order valence-electron chi connectivity index (χ1n) is 4.45. The summed E-state index contributed by atoms with van der Waals surface area (Å²) in [4.78, 5) is 14.8. The molecule has 74 valence electrons. The van der Waals surface area contributed by atoms with Crippen LogP contribution in [0.1, 0.15) is 5.56 Å². The van der Waals surface area contributed by atoms with E-state index in [1.807, 2.05) is 6.07 Å². The van der Waals surface area contributed by atoms with Crippen LogP contribution in [0.2, 0.25) is 0 Å². The summed E-state index contributed by atoms with van der Waals surface area (Å²) in [6.45, 7) is 3.55. The number of carboxylic acid groups (broad SMARTS) is 1. The molecule has 0 unspecified atom stereocenters. The molecule has 2 aromatic rings. The molecule has 1 heterocycles. The molecule has 1 aromatic carbocycles. The molecule has 0 bridgehead atoms. The van der Waals surface area contributed by atoms with Crippen molar-refractivity contribution in [1.29, 1.82) is 0 Å². The number of hydrogen-bond donors (Lipinski definition) is 1. The number of carboxylic acids is 1. The normalized spacial score (nSPS) is 10.1. The van der Waals surface area contributed by atoms with Crippen LogP contribution in [0.5, 0.6) is 0 Å². The van der Waals surface area contributed by atoms with Crippen molar-refractivity contribution in [2.45, 2.75) is 0 Å². The van der Waals surface area contributed by atoms with Gasteiger partial charge in [0, 0.05) is 17.8 Å². The predicted molar refractivity (Wildman–Crippen MR) is 58.4 cm³/mol. The third-order valence-electron chi connectivity index (χ3n) is 2.26. The largest absolute Gasteiger partial charge is 0.478 e. The maximum Gasteiger partial charge on any atom is 0.335 e. The molecule has 0 spiro atoms. The highest BCUT2D eigenvalue weighted by atomic mass is 16.4. The van der Waals surface area contributed by atoms with Gasteiger partial charge in [-0.05, 0) is 17.0 Å². The Kier molecular flexibility index (Phi) is 2.21. The highest BCUT2D eigenvalue weighted by Crippen LogP contribution is 2.23. The zero-order valence-corrected chi connectivity index (χ0v) is 7.97. The summed E-state index contributed by atoms with van der Waals surface area (Å²) in [5.41, 5.74) is 0.745. The first-order chi connectivity index (χ1) is 7.20. The van der Waals surface area contributed by atoms with Crippen molar-refractivity contribution in [1.82, 2.24) is 4.98 Å². The summed E-state index contributed by atoms with van der Waals surface area (Å²) in [6.07, 6.45) is 3.34. The smallest absolute Gasteiger partial charge is 0.335 e. The van der Waals surface area contributed by atoms with Gasteiger partial charge in [-0.3, -0.25) is 4.98 Å². The van der Waals surface area contributed by atoms with E-state index >= 15 is 0 Å². The highest BCUT2D eigenvalue weighted by Gasteiger charge is 2.09. The van der Waals surface area contributed by atoms with Crippen LogP contribution in [-0.4, -0.2) is 16.1 Å². The van der Waals surface area contributed by atoms with Gasteiger partial charge in [0.15, 0.2) is 0 Å². The molecule has 0 atom stereocenters. The van der Waals surface area contributed by atoms with Crippen molar-refractivity contribution in [2.75, 3.05) is 0 Å². The van der Waals surface area contributed by atoms with Gasteiger partial charge in [0.05, 0.1) is 5.57 Å². The number of pyridine rings is 1. The SMILES string of the molecule is C=C(C(=O)O)c1cccc2cnccc12. The van der Waals surface area contributed by atoms with E-state index in [1.165, 1.54) is 0 Å². The number of benzene rings is 1. The Balaban J connectivity index is 2.71. The van der Waals surface area contributed by atoms with E-state index in [0.717, 1.165) is 10.8 Å². The summed E-state index contributed by atoms with van der Waals surface area (Å²) in [6, 6.07) is 7.23. The Morgan fingerprint density at radius 2 is 2.13 bits per heavy atom. The van der Waals surface area contributed by atoms with Gasteiger partial charge in [0.1, 0.15) is 0 Å². The minimum atomic E-state index is -1.00. The van der Waals surface area contributed by atoms with Gasteiger partial charge in [0.2, 0.25) is 0 Å². The van der Waals surface area contributed by atoms with Crippen LogP contribution in [0.15, 0.2) is 43.2 Å². The highest BCUT2D eigenvalue weighted by molar-refractivity contribution is 6.18. The molecule has 0 saturated carbocycles. The van der Waals surface area contributed by atoms with Crippen LogP contribution in [0, 0.1) is 0 Å². The Bertz CT molecular complexity index is 541. The van der Waals surface area contributed by atoms with Gasteiger partial charge in [-0.15, -0.1) is 0 Å². The quantitative estimate of drug-likeness (QED) is 0.755. The maximum atomic E-state index is 10.8. The van der Waals surface area contributed by atoms with E-state index in [-0.39, 0.29) is 5.57 Å². The molecule has 0 aliphatic rings. The second kappa shape index (κ2) is 3.53. The van der Waals surface area contributed by atoms with Crippen molar-refractivity contribution in [3.63, 3.8) is 0 Å². The number of hydrogen-bond acceptors (Lipinski definition) is 2. The molecular weight excluding hydrogens is 190 g/mol. The lowest BCUT2D eigenvalue weighted by Gasteiger charge is -2.05. The van der Waals surface area contributed by atoms with Crippen LogP contribution in [0.25, 0.3) is 16.3 Å². The van der Waals surface area contributed by atoms with E-state index in [4.69, 9.17) is 5.11 Å². The number of carbonyl (C=O) groups is 1. The first kappa shape index (κ1) is 9.40. The topological polar surface area (TPSA) is 50.2 Å². The summed E-state index contributed by atoms with van der Waals surface area (Å²) in [7, 11) is 0. The van der Waals surface area contributed by atoms with Crippen molar-refractivity contribution in [3.05, 3.63) is 48.8 Å². The van der Waals surface area contributed by atoms with E-state index in [1.54, 1.807) is 30.6 Å². The van der Waals surface area contributed by atoms with Gasteiger partial charge < -0.3 is 5.11 Å². The maximum absolute atomic E-state index is 10.8. The van der Waals surface area contributed by atoms with Gasteiger partial charge in [-0.2, -0.15) is 0 Å². The van der Waals surface area contributed by atoms with Gasteiger partial charge in [-0.1, -0.05) is 24.8 Å². The molecule has 0 fully saturated rings. The average Bonchev–Trinajstić information content (AvgIpc) is 2.27. The molecule has 3 nitrogen and oxygen atoms in total. The fraction of sp³-hybridized carbons (Fsp3) is 0. The zero-order valence-electron chi connectivity index (χ0n) is 7.97. The fourth-order valence-electron chi connectivity index (χ4n) is 1.50. The molecule has 0 aliphatic carbocycles. The number of rotatable bonds is 2. The minimum Gasteiger partial charge on any atom is -0.478 e. The third kappa shape index (κ3) is 1.59. The Hall–Kier alpha value is -2.16. The average molecular weight is 199 g/mol. The molecular formula is C12H9NO2. The monoisotopic (exact) mass is 199 g/mol. The van der Waals surface area contributed by atoms with E-state index in [0.29, 0.717) is 5.56 Å². The Labute approximate surface area is 86.7 Å². The Morgan fingerprint density at radius 1 is 1.33 bits per heavy atom. The van der Waals surface area contributed by atoms with Crippen LogP contribution in [0.4, 0.5) is 0 Å². The lowest BCUT2D eigenvalue weighted by molar-refractivity contribution is -0.130. The lowest BCUT2D eigenvalue weighted by atomic mass is 10.0. The molecule has 0 aliphatic heterocycles. The van der Waals surface area contributed by atoms with Gasteiger partial charge in [-0.25, -0.2) is 4.79 Å². The summed E-state index contributed by atoms with van der Waals surface area (Å²) in [5.74, 6) is -1.00. The lowest BCUT2D eigenvalue weighted by Crippen LogP contribution is -1.98. The van der Waals surface area contributed by atoms with E-state index in [2.05, 4.69) is 11.6 Å².